The Morgan fingerprint density at radius 2 is 1.59 bits per heavy atom. The zero-order valence-corrected chi connectivity index (χ0v) is 18.0. The van der Waals surface area contributed by atoms with Gasteiger partial charge in [0.15, 0.2) is 6.61 Å². The Balaban J connectivity index is 0.00000578. The molecule has 0 saturated heterocycles. The molecule has 3 amide bonds. The lowest BCUT2D eigenvalue weighted by Gasteiger charge is -2.19. The third kappa shape index (κ3) is 8.91. The first-order chi connectivity index (χ1) is 15.8. The molecule has 10 heteroatoms. The van der Waals surface area contributed by atoms with Crippen LogP contribution in [0.5, 0.6) is 5.75 Å². The first kappa shape index (κ1) is 28.1. The van der Waals surface area contributed by atoms with Crippen LogP contribution >= 0.6 is 0 Å². The second kappa shape index (κ2) is 14.3. The van der Waals surface area contributed by atoms with Crippen LogP contribution < -0.4 is 26.6 Å². The number of carbonyl (C=O) groups is 3. The lowest BCUT2D eigenvalue weighted by atomic mass is 10.1. The van der Waals surface area contributed by atoms with E-state index in [0.717, 1.165) is 5.56 Å². The molecule has 2 atom stereocenters. The summed E-state index contributed by atoms with van der Waals surface area (Å²) in [4.78, 5) is 35.3. The quantitative estimate of drug-likeness (QED) is 0.173. The molecule has 34 heavy (non-hydrogen) atoms. The molecule has 0 bridgehead atoms. The van der Waals surface area contributed by atoms with Crippen molar-refractivity contribution in [3.63, 3.8) is 0 Å². The molecular formula is C24H30N4O6. The first-order valence-electron chi connectivity index (χ1n) is 10.1. The van der Waals surface area contributed by atoms with Crippen molar-refractivity contribution in [3.05, 3.63) is 65.2 Å². The van der Waals surface area contributed by atoms with Crippen molar-refractivity contribution in [1.82, 2.24) is 16.1 Å². The summed E-state index contributed by atoms with van der Waals surface area (Å²) in [5.41, 5.74) is 8.37. The van der Waals surface area contributed by atoms with Crippen molar-refractivity contribution in [3.8, 4) is 17.6 Å². The summed E-state index contributed by atoms with van der Waals surface area (Å²) < 4.78 is 5.39. The predicted molar refractivity (Wildman–Crippen MR) is 126 cm³/mol. The van der Waals surface area contributed by atoms with Crippen LogP contribution in [0.25, 0.3) is 0 Å². The van der Waals surface area contributed by atoms with Crippen LogP contribution in [0.4, 0.5) is 0 Å². The molecule has 0 spiro atoms. The van der Waals surface area contributed by atoms with Gasteiger partial charge in [0.05, 0.1) is 6.10 Å². The van der Waals surface area contributed by atoms with Gasteiger partial charge in [-0.05, 0) is 55.5 Å². The molecule has 0 heterocycles. The molecule has 2 aromatic rings. The van der Waals surface area contributed by atoms with Crippen molar-refractivity contribution in [2.75, 3.05) is 19.7 Å². The van der Waals surface area contributed by atoms with E-state index in [1.807, 2.05) is 0 Å². The number of aliphatic hydroxyl groups is 1. The molecule has 2 rings (SSSR count). The van der Waals surface area contributed by atoms with Gasteiger partial charge in [-0.1, -0.05) is 19.3 Å². The number of benzene rings is 2. The van der Waals surface area contributed by atoms with Crippen molar-refractivity contribution in [2.24, 2.45) is 5.73 Å². The van der Waals surface area contributed by atoms with E-state index >= 15 is 0 Å². The number of amides is 3. The van der Waals surface area contributed by atoms with Crippen molar-refractivity contribution in [1.29, 1.82) is 0 Å². The zero-order valence-electron chi connectivity index (χ0n) is 18.0. The van der Waals surface area contributed by atoms with Crippen LogP contribution in [0.3, 0.4) is 0 Å². The molecule has 0 radical (unpaired) electrons. The van der Waals surface area contributed by atoms with Gasteiger partial charge in [0.25, 0.3) is 17.7 Å². The monoisotopic (exact) mass is 470 g/mol. The number of carbonyl (C=O) groups excluding carboxylic acids is 3. The SMILES string of the molecule is C.C[C@@H](O)[C@H](NC(=O)c1ccc(C#Cc2ccc(OCC(=O)NCCN)cc2)cc1)C(=O)NO. The Morgan fingerprint density at radius 3 is 2.09 bits per heavy atom. The summed E-state index contributed by atoms with van der Waals surface area (Å²) in [5.74, 6) is 4.73. The van der Waals surface area contributed by atoms with Gasteiger partial charge in [-0.25, -0.2) is 5.48 Å². The van der Waals surface area contributed by atoms with Gasteiger partial charge in [0, 0.05) is 29.8 Å². The first-order valence-corrected chi connectivity index (χ1v) is 10.1. The summed E-state index contributed by atoms with van der Waals surface area (Å²) in [6, 6.07) is 12.0. The average Bonchev–Trinajstić information content (AvgIpc) is 2.83. The van der Waals surface area contributed by atoms with Crippen LogP contribution in [0.1, 0.15) is 35.8 Å². The molecule has 0 aliphatic rings. The van der Waals surface area contributed by atoms with E-state index in [4.69, 9.17) is 15.7 Å². The number of nitrogens with two attached hydrogens (primary N) is 1. The number of hydrogen-bond acceptors (Lipinski definition) is 7. The van der Waals surface area contributed by atoms with Gasteiger partial charge >= 0.3 is 0 Å². The summed E-state index contributed by atoms with van der Waals surface area (Å²) >= 11 is 0. The Kier molecular flexibility index (Phi) is 11.8. The van der Waals surface area contributed by atoms with E-state index in [1.165, 1.54) is 24.5 Å². The van der Waals surface area contributed by atoms with Crippen molar-refractivity contribution < 1.29 is 29.4 Å². The third-order valence-electron chi connectivity index (χ3n) is 4.35. The molecule has 2 aromatic carbocycles. The number of hydroxylamine groups is 1. The normalized spacial score (nSPS) is 11.5. The number of hydrogen-bond donors (Lipinski definition) is 6. The average molecular weight is 471 g/mol. The van der Waals surface area contributed by atoms with E-state index in [1.54, 1.807) is 36.4 Å². The Morgan fingerprint density at radius 1 is 1.03 bits per heavy atom. The number of ether oxygens (including phenoxy) is 1. The van der Waals surface area contributed by atoms with E-state index in [-0.39, 0.29) is 25.5 Å². The minimum Gasteiger partial charge on any atom is -0.484 e. The molecule has 0 saturated carbocycles. The third-order valence-corrected chi connectivity index (χ3v) is 4.35. The van der Waals surface area contributed by atoms with Crippen LogP contribution in [-0.4, -0.2) is 59.9 Å². The highest BCUT2D eigenvalue weighted by Gasteiger charge is 2.25. The number of aliphatic hydroxyl groups excluding tert-OH is 1. The van der Waals surface area contributed by atoms with Crippen LogP contribution in [-0.2, 0) is 9.59 Å². The van der Waals surface area contributed by atoms with Gasteiger partial charge in [-0.2, -0.15) is 0 Å². The number of rotatable bonds is 9. The van der Waals surface area contributed by atoms with E-state index < -0.39 is 24.0 Å². The minimum atomic E-state index is -1.30. The molecule has 0 aromatic heterocycles. The van der Waals surface area contributed by atoms with E-state index in [9.17, 15) is 19.5 Å². The maximum absolute atomic E-state index is 12.3. The molecule has 10 nitrogen and oxygen atoms in total. The predicted octanol–water partition coefficient (Wildman–Crippen LogP) is 0.161. The zero-order chi connectivity index (χ0) is 24.2. The van der Waals surface area contributed by atoms with Crippen LogP contribution in [0.2, 0.25) is 0 Å². The molecular weight excluding hydrogens is 440 g/mol. The van der Waals surface area contributed by atoms with Crippen molar-refractivity contribution in [2.45, 2.75) is 26.5 Å². The van der Waals surface area contributed by atoms with Gasteiger partial charge in [0.2, 0.25) is 0 Å². The molecule has 182 valence electrons. The Hall–Kier alpha value is -3.91. The molecule has 0 aliphatic heterocycles. The molecule has 7 N–H and O–H groups in total. The summed E-state index contributed by atoms with van der Waals surface area (Å²) in [6.45, 7) is 1.97. The van der Waals surface area contributed by atoms with Gasteiger partial charge < -0.3 is 26.2 Å². The standard InChI is InChI=1S/C23H26N4O6.CH4/c1-15(28)21(23(31)27-32)26-22(30)18-8-4-16(5-9-18)2-3-17-6-10-19(11-7-17)33-14-20(29)25-13-12-24;/h4-11,15,21,28,32H,12-14,24H2,1H3,(H,25,29)(H,26,30)(H,27,31);1H4/t15-,21+;/m1./s1. The fourth-order valence-electron chi connectivity index (χ4n) is 2.59. The number of nitrogens with one attached hydrogen (secondary N) is 3. The minimum absolute atomic E-state index is 0. The summed E-state index contributed by atoms with van der Waals surface area (Å²) in [5, 5.41) is 23.3. The van der Waals surface area contributed by atoms with E-state index in [2.05, 4.69) is 22.5 Å². The summed E-state index contributed by atoms with van der Waals surface area (Å²) in [7, 11) is 0. The van der Waals surface area contributed by atoms with Gasteiger partial charge in [-0.15, -0.1) is 0 Å². The second-order valence-corrected chi connectivity index (χ2v) is 6.95. The lowest BCUT2D eigenvalue weighted by Crippen LogP contribution is -2.51. The summed E-state index contributed by atoms with van der Waals surface area (Å²) in [6.07, 6.45) is -1.20. The second-order valence-electron chi connectivity index (χ2n) is 6.95. The fourth-order valence-corrected chi connectivity index (χ4v) is 2.59. The van der Waals surface area contributed by atoms with Crippen molar-refractivity contribution >= 4 is 17.7 Å². The highest BCUT2D eigenvalue weighted by atomic mass is 16.5. The molecule has 0 unspecified atom stereocenters. The highest BCUT2D eigenvalue weighted by Crippen LogP contribution is 2.12. The maximum Gasteiger partial charge on any atom is 0.268 e. The lowest BCUT2D eigenvalue weighted by molar-refractivity contribution is -0.133. The van der Waals surface area contributed by atoms with Gasteiger partial charge in [0.1, 0.15) is 11.8 Å². The molecule has 0 fully saturated rings. The van der Waals surface area contributed by atoms with Gasteiger partial charge in [-0.3, -0.25) is 19.6 Å². The molecule has 0 aliphatic carbocycles. The Labute approximate surface area is 198 Å². The fraction of sp³-hybridized carbons (Fsp3) is 0.292. The highest BCUT2D eigenvalue weighted by molar-refractivity contribution is 5.97. The van der Waals surface area contributed by atoms with E-state index in [0.29, 0.717) is 24.4 Å². The smallest absolute Gasteiger partial charge is 0.268 e. The van der Waals surface area contributed by atoms with Crippen LogP contribution in [0, 0.1) is 11.8 Å². The maximum atomic E-state index is 12.3. The Bertz CT molecular complexity index is 1010. The topological polar surface area (TPSA) is 163 Å². The van der Waals surface area contributed by atoms with Crippen LogP contribution in [0.15, 0.2) is 48.5 Å². The largest absolute Gasteiger partial charge is 0.484 e.